The van der Waals surface area contributed by atoms with Crippen LogP contribution in [-0.4, -0.2) is 18.7 Å². The maximum atomic E-state index is 11.5. The van der Waals surface area contributed by atoms with Crippen LogP contribution in [0.5, 0.6) is 0 Å². The number of ether oxygens (including phenoxy) is 1. The zero-order chi connectivity index (χ0) is 12.3. The molecule has 0 spiro atoms. The van der Waals surface area contributed by atoms with Crippen LogP contribution in [0.2, 0.25) is 5.02 Å². The summed E-state index contributed by atoms with van der Waals surface area (Å²) in [5.41, 5.74) is 6.13. The summed E-state index contributed by atoms with van der Waals surface area (Å²) >= 11 is 5.80. The molecule has 0 aromatic heterocycles. The normalized spacial score (nSPS) is 22.7. The fourth-order valence-corrected chi connectivity index (χ4v) is 2.02. The Labute approximate surface area is 105 Å². The van der Waals surface area contributed by atoms with Gasteiger partial charge in [-0.25, -0.2) is 4.79 Å². The van der Waals surface area contributed by atoms with Gasteiger partial charge in [-0.05, 0) is 43.5 Å². The highest BCUT2D eigenvalue weighted by atomic mass is 35.5. The topological polar surface area (TPSA) is 64.3 Å². The van der Waals surface area contributed by atoms with Crippen molar-refractivity contribution in [2.45, 2.75) is 18.9 Å². The summed E-state index contributed by atoms with van der Waals surface area (Å²) in [6.07, 6.45) is 1.29. The molecule has 1 aromatic carbocycles. The standard InChI is InChI=1S/C12H15ClN2O2/c13-9-2-1-3-10(6-9)15-12(16)17-11-4-8(5-11)7-14/h1-3,6,8,11H,4-5,7,14H2,(H,15,16). The third-order valence-electron chi connectivity index (χ3n) is 2.87. The lowest BCUT2D eigenvalue weighted by molar-refractivity contribution is 0.0278. The highest BCUT2D eigenvalue weighted by molar-refractivity contribution is 6.30. The zero-order valence-electron chi connectivity index (χ0n) is 9.36. The summed E-state index contributed by atoms with van der Waals surface area (Å²) in [5.74, 6) is 0.499. The maximum Gasteiger partial charge on any atom is 0.411 e. The van der Waals surface area contributed by atoms with Crippen LogP contribution in [-0.2, 0) is 4.74 Å². The molecule has 17 heavy (non-hydrogen) atoms. The van der Waals surface area contributed by atoms with Gasteiger partial charge in [0.05, 0.1) is 0 Å². The summed E-state index contributed by atoms with van der Waals surface area (Å²) in [6, 6.07) is 6.95. The SMILES string of the molecule is NCC1CC(OC(=O)Nc2cccc(Cl)c2)C1. The Bertz CT molecular complexity index is 405. The van der Waals surface area contributed by atoms with Gasteiger partial charge in [0.25, 0.3) is 0 Å². The number of anilines is 1. The van der Waals surface area contributed by atoms with Gasteiger partial charge < -0.3 is 10.5 Å². The number of amides is 1. The van der Waals surface area contributed by atoms with Crippen LogP contribution in [0, 0.1) is 5.92 Å². The molecule has 0 unspecified atom stereocenters. The quantitative estimate of drug-likeness (QED) is 0.872. The average molecular weight is 255 g/mol. The van der Waals surface area contributed by atoms with Gasteiger partial charge in [-0.15, -0.1) is 0 Å². The van der Waals surface area contributed by atoms with E-state index in [-0.39, 0.29) is 6.10 Å². The van der Waals surface area contributed by atoms with E-state index in [1.165, 1.54) is 0 Å². The van der Waals surface area contributed by atoms with Gasteiger partial charge in [-0.2, -0.15) is 0 Å². The van der Waals surface area contributed by atoms with E-state index in [0.29, 0.717) is 23.2 Å². The molecule has 4 nitrogen and oxygen atoms in total. The molecule has 2 rings (SSSR count). The molecule has 92 valence electrons. The highest BCUT2D eigenvalue weighted by Crippen LogP contribution is 2.29. The number of hydrogen-bond acceptors (Lipinski definition) is 3. The van der Waals surface area contributed by atoms with Gasteiger partial charge in [0.1, 0.15) is 6.10 Å². The van der Waals surface area contributed by atoms with E-state index in [0.717, 1.165) is 12.8 Å². The predicted molar refractivity (Wildman–Crippen MR) is 67.1 cm³/mol. The Balaban J connectivity index is 1.78. The number of halogens is 1. The molecule has 1 amide bonds. The van der Waals surface area contributed by atoms with Gasteiger partial charge in [-0.3, -0.25) is 5.32 Å². The largest absolute Gasteiger partial charge is 0.446 e. The first kappa shape index (κ1) is 12.2. The van der Waals surface area contributed by atoms with Gasteiger partial charge in [0.2, 0.25) is 0 Å². The first-order valence-electron chi connectivity index (χ1n) is 5.60. The van der Waals surface area contributed by atoms with Crippen molar-refractivity contribution in [3.8, 4) is 0 Å². The highest BCUT2D eigenvalue weighted by Gasteiger charge is 2.30. The number of carbonyl (C=O) groups is 1. The van der Waals surface area contributed by atoms with Crippen LogP contribution in [0.1, 0.15) is 12.8 Å². The molecule has 0 radical (unpaired) electrons. The number of hydrogen-bond donors (Lipinski definition) is 2. The lowest BCUT2D eigenvalue weighted by Gasteiger charge is -2.33. The minimum atomic E-state index is -0.437. The Morgan fingerprint density at radius 1 is 1.53 bits per heavy atom. The minimum Gasteiger partial charge on any atom is -0.446 e. The van der Waals surface area contributed by atoms with Crippen molar-refractivity contribution in [2.75, 3.05) is 11.9 Å². The first-order chi connectivity index (χ1) is 8.17. The molecular formula is C12H15ClN2O2. The second-order valence-corrected chi connectivity index (χ2v) is 4.67. The smallest absolute Gasteiger partial charge is 0.411 e. The monoisotopic (exact) mass is 254 g/mol. The van der Waals surface area contributed by atoms with Crippen LogP contribution in [0.3, 0.4) is 0 Å². The fourth-order valence-electron chi connectivity index (χ4n) is 1.83. The van der Waals surface area contributed by atoms with Crippen molar-refractivity contribution < 1.29 is 9.53 Å². The summed E-state index contributed by atoms with van der Waals surface area (Å²) in [5, 5.41) is 3.22. The lowest BCUT2D eigenvalue weighted by Crippen LogP contribution is -2.38. The molecule has 1 aliphatic rings. The fraction of sp³-hybridized carbons (Fsp3) is 0.417. The molecule has 1 aliphatic carbocycles. The van der Waals surface area contributed by atoms with Gasteiger partial charge in [0.15, 0.2) is 0 Å². The number of nitrogens with one attached hydrogen (secondary N) is 1. The van der Waals surface area contributed by atoms with Gasteiger partial charge in [-0.1, -0.05) is 17.7 Å². The lowest BCUT2D eigenvalue weighted by atomic mass is 9.82. The molecule has 0 aliphatic heterocycles. The molecule has 0 bridgehead atoms. The first-order valence-corrected chi connectivity index (χ1v) is 5.98. The van der Waals surface area contributed by atoms with E-state index < -0.39 is 6.09 Å². The number of benzene rings is 1. The summed E-state index contributed by atoms with van der Waals surface area (Å²) < 4.78 is 5.21. The van der Waals surface area contributed by atoms with E-state index in [1.807, 2.05) is 0 Å². The third kappa shape index (κ3) is 3.35. The van der Waals surface area contributed by atoms with Gasteiger partial charge >= 0.3 is 6.09 Å². The molecular weight excluding hydrogens is 240 g/mol. The average Bonchev–Trinajstić information content (AvgIpc) is 2.22. The molecule has 1 saturated carbocycles. The molecule has 1 aromatic rings. The molecule has 0 heterocycles. The van der Waals surface area contributed by atoms with Crippen molar-refractivity contribution in [1.82, 2.24) is 0 Å². The second-order valence-electron chi connectivity index (χ2n) is 4.24. The number of nitrogens with two attached hydrogens (primary N) is 1. The van der Waals surface area contributed by atoms with Crippen molar-refractivity contribution in [3.05, 3.63) is 29.3 Å². The van der Waals surface area contributed by atoms with Crippen molar-refractivity contribution in [1.29, 1.82) is 0 Å². The summed E-state index contributed by atoms with van der Waals surface area (Å²) in [4.78, 5) is 11.5. The maximum absolute atomic E-state index is 11.5. The number of rotatable bonds is 3. The molecule has 5 heteroatoms. The van der Waals surface area contributed by atoms with E-state index in [1.54, 1.807) is 24.3 Å². The molecule has 0 saturated heterocycles. The van der Waals surface area contributed by atoms with E-state index in [2.05, 4.69) is 5.32 Å². The molecule has 3 N–H and O–H groups in total. The molecule has 0 atom stereocenters. The van der Waals surface area contributed by atoms with Crippen LogP contribution in [0.25, 0.3) is 0 Å². The Morgan fingerprint density at radius 3 is 2.94 bits per heavy atom. The number of carbonyl (C=O) groups excluding carboxylic acids is 1. The second kappa shape index (κ2) is 5.38. The van der Waals surface area contributed by atoms with Crippen LogP contribution in [0.4, 0.5) is 10.5 Å². The molecule has 1 fully saturated rings. The zero-order valence-corrected chi connectivity index (χ0v) is 10.1. The van der Waals surface area contributed by atoms with Crippen LogP contribution in [0.15, 0.2) is 24.3 Å². The van der Waals surface area contributed by atoms with E-state index in [4.69, 9.17) is 22.1 Å². The van der Waals surface area contributed by atoms with E-state index in [9.17, 15) is 4.79 Å². The third-order valence-corrected chi connectivity index (χ3v) is 3.11. The van der Waals surface area contributed by atoms with Crippen molar-refractivity contribution >= 4 is 23.4 Å². The summed E-state index contributed by atoms with van der Waals surface area (Å²) in [7, 11) is 0. The Kier molecular flexibility index (Phi) is 3.86. The summed E-state index contributed by atoms with van der Waals surface area (Å²) in [6.45, 7) is 0.662. The van der Waals surface area contributed by atoms with Crippen LogP contribution < -0.4 is 11.1 Å². The van der Waals surface area contributed by atoms with Crippen molar-refractivity contribution in [2.24, 2.45) is 11.7 Å². The van der Waals surface area contributed by atoms with Crippen molar-refractivity contribution in [3.63, 3.8) is 0 Å². The van der Waals surface area contributed by atoms with Gasteiger partial charge in [0, 0.05) is 10.7 Å². The minimum absolute atomic E-state index is 0.00253. The van der Waals surface area contributed by atoms with E-state index >= 15 is 0 Å². The predicted octanol–water partition coefficient (Wildman–Crippen LogP) is 2.63. The Morgan fingerprint density at radius 2 is 2.29 bits per heavy atom. The van der Waals surface area contributed by atoms with Crippen LogP contribution >= 0.6 is 11.6 Å². The Hall–Kier alpha value is -1.26.